The van der Waals surface area contributed by atoms with E-state index in [4.69, 9.17) is 27.3 Å². The zero-order valence-electron chi connectivity index (χ0n) is 9.78. The lowest BCUT2D eigenvalue weighted by molar-refractivity contribution is -0.122. The first-order valence-corrected chi connectivity index (χ1v) is 5.80. The Balaban J connectivity index is 2.61. The fourth-order valence-electron chi connectivity index (χ4n) is 1.37. The summed E-state index contributed by atoms with van der Waals surface area (Å²) in [5, 5.41) is 11.3. The molecule has 1 aromatic rings. The van der Waals surface area contributed by atoms with E-state index in [1.165, 1.54) is 0 Å². The van der Waals surface area contributed by atoms with Gasteiger partial charge >= 0.3 is 0 Å². The zero-order valence-corrected chi connectivity index (χ0v) is 10.5. The second-order valence-electron chi connectivity index (χ2n) is 3.51. The SMILES string of the molecule is N#CCNC(=O)COc1ccc(Cl)cc1CCN. The number of carbonyl (C=O) groups is 1. The summed E-state index contributed by atoms with van der Waals surface area (Å²) in [5.74, 6) is 0.238. The second kappa shape index (κ2) is 7.54. The predicted octanol–water partition coefficient (Wildman–Crippen LogP) is 0.860. The molecule has 0 spiro atoms. The van der Waals surface area contributed by atoms with E-state index >= 15 is 0 Å². The number of benzene rings is 1. The van der Waals surface area contributed by atoms with Gasteiger partial charge in [0, 0.05) is 5.02 Å². The molecule has 3 N–H and O–H groups in total. The molecule has 0 aromatic heterocycles. The Morgan fingerprint density at radius 3 is 3.00 bits per heavy atom. The molecule has 0 atom stereocenters. The summed E-state index contributed by atoms with van der Waals surface area (Å²) in [7, 11) is 0. The van der Waals surface area contributed by atoms with E-state index in [1.807, 2.05) is 6.07 Å². The predicted molar refractivity (Wildman–Crippen MR) is 68.3 cm³/mol. The van der Waals surface area contributed by atoms with E-state index in [2.05, 4.69) is 5.32 Å². The first kappa shape index (κ1) is 14.3. The van der Waals surface area contributed by atoms with Gasteiger partial charge in [-0.15, -0.1) is 0 Å². The van der Waals surface area contributed by atoms with E-state index in [0.717, 1.165) is 5.56 Å². The molecule has 1 amide bonds. The molecule has 0 aliphatic carbocycles. The van der Waals surface area contributed by atoms with Crippen molar-refractivity contribution in [3.8, 4) is 11.8 Å². The largest absolute Gasteiger partial charge is 0.483 e. The minimum atomic E-state index is -0.342. The van der Waals surface area contributed by atoms with Gasteiger partial charge in [-0.1, -0.05) is 11.6 Å². The van der Waals surface area contributed by atoms with Crippen molar-refractivity contribution >= 4 is 17.5 Å². The van der Waals surface area contributed by atoms with Crippen LogP contribution in [-0.2, 0) is 11.2 Å². The van der Waals surface area contributed by atoms with Crippen LogP contribution >= 0.6 is 11.6 Å². The molecule has 0 aliphatic heterocycles. The summed E-state index contributed by atoms with van der Waals surface area (Å²) in [6.45, 7) is 0.302. The van der Waals surface area contributed by atoms with Crippen molar-refractivity contribution in [2.24, 2.45) is 5.73 Å². The third-order valence-corrected chi connectivity index (χ3v) is 2.39. The molecule has 0 aliphatic rings. The highest BCUT2D eigenvalue weighted by atomic mass is 35.5. The summed E-state index contributed by atoms with van der Waals surface area (Å²) in [6, 6.07) is 6.96. The van der Waals surface area contributed by atoms with Crippen LogP contribution in [0.15, 0.2) is 18.2 Å². The molecule has 96 valence electrons. The normalized spacial score (nSPS) is 9.61. The minimum Gasteiger partial charge on any atom is -0.483 e. The van der Waals surface area contributed by atoms with Gasteiger partial charge in [-0.3, -0.25) is 4.79 Å². The topological polar surface area (TPSA) is 88.1 Å². The first-order chi connectivity index (χ1) is 8.67. The molecule has 0 saturated heterocycles. The van der Waals surface area contributed by atoms with E-state index in [9.17, 15) is 4.79 Å². The average molecular weight is 268 g/mol. The van der Waals surface area contributed by atoms with Gasteiger partial charge in [0.1, 0.15) is 12.3 Å². The van der Waals surface area contributed by atoms with Crippen LogP contribution in [0.5, 0.6) is 5.75 Å². The van der Waals surface area contributed by atoms with Gasteiger partial charge < -0.3 is 15.8 Å². The fourth-order valence-corrected chi connectivity index (χ4v) is 1.57. The second-order valence-corrected chi connectivity index (χ2v) is 3.95. The van der Waals surface area contributed by atoms with Gasteiger partial charge in [0.05, 0.1) is 6.07 Å². The number of nitrogens with zero attached hydrogens (tertiary/aromatic N) is 1. The number of hydrogen-bond donors (Lipinski definition) is 2. The standard InChI is InChI=1S/C12H14ClN3O2/c13-10-1-2-11(9(7-10)3-4-14)18-8-12(17)16-6-5-15/h1-2,7H,3-4,6,8,14H2,(H,16,17). The Hall–Kier alpha value is -1.77. The van der Waals surface area contributed by atoms with Gasteiger partial charge in [0.15, 0.2) is 6.61 Å². The van der Waals surface area contributed by atoms with E-state index in [0.29, 0.717) is 23.7 Å². The maximum absolute atomic E-state index is 11.3. The molecule has 0 unspecified atom stereocenters. The summed E-state index contributed by atoms with van der Waals surface area (Å²) in [5.41, 5.74) is 6.35. The highest BCUT2D eigenvalue weighted by Crippen LogP contribution is 2.23. The number of amides is 1. The van der Waals surface area contributed by atoms with E-state index < -0.39 is 0 Å². The van der Waals surface area contributed by atoms with Crippen LogP contribution in [0.2, 0.25) is 5.02 Å². The van der Waals surface area contributed by atoms with Crippen molar-refractivity contribution in [1.82, 2.24) is 5.32 Å². The van der Waals surface area contributed by atoms with E-state index in [-0.39, 0.29) is 19.1 Å². The molecule has 6 heteroatoms. The highest BCUT2D eigenvalue weighted by Gasteiger charge is 2.07. The Labute approximate surface area is 110 Å². The van der Waals surface area contributed by atoms with Crippen molar-refractivity contribution in [3.05, 3.63) is 28.8 Å². The summed E-state index contributed by atoms with van der Waals surface area (Å²) in [4.78, 5) is 11.3. The van der Waals surface area contributed by atoms with Crippen molar-refractivity contribution in [3.63, 3.8) is 0 Å². The number of rotatable bonds is 6. The van der Waals surface area contributed by atoms with Crippen molar-refractivity contribution in [2.75, 3.05) is 19.7 Å². The number of halogens is 1. The number of nitrogens with two attached hydrogens (primary N) is 1. The lowest BCUT2D eigenvalue weighted by atomic mass is 10.1. The Morgan fingerprint density at radius 1 is 1.56 bits per heavy atom. The summed E-state index contributed by atoms with van der Waals surface area (Å²) >= 11 is 5.87. The molecule has 0 radical (unpaired) electrons. The third kappa shape index (κ3) is 4.62. The maximum Gasteiger partial charge on any atom is 0.258 e. The number of carbonyl (C=O) groups excluding carboxylic acids is 1. The van der Waals surface area contributed by atoms with Crippen LogP contribution in [0, 0.1) is 11.3 Å². The van der Waals surface area contributed by atoms with Crippen LogP contribution in [0.25, 0.3) is 0 Å². The molecule has 1 aromatic carbocycles. The monoisotopic (exact) mass is 267 g/mol. The molecule has 18 heavy (non-hydrogen) atoms. The quantitative estimate of drug-likeness (QED) is 0.748. The van der Waals surface area contributed by atoms with E-state index in [1.54, 1.807) is 18.2 Å². The molecular weight excluding hydrogens is 254 g/mol. The lowest BCUT2D eigenvalue weighted by Crippen LogP contribution is -2.29. The number of nitriles is 1. The average Bonchev–Trinajstić information content (AvgIpc) is 2.36. The van der Waals surface area contributed by atoms with Crippen molar-refractivity contribution < 1.29 is 9.53 Å². The summed E-state index contributed by atoms with van der Waals surface area (Å²) in [6.07, 6.45) is 0.621. The van der Waals surface area contributed by atoms with Gasteiger partial charge in [0.2, 0.25) is 0 Å². The zero-order chi connectivity index (χ0) is 13.4. The van der Waals surface area contributed by atoms with Crippen LogP contribution in [0.3, 0.4) is 0 Å². The number of nitrogens with one attached hydrogen (secondary N) is 1. The summed E-state index contributed by atoms with van der Waals surface area (Å²) < 4.78 is 5.37. The first-order valence-electron chi connectivity index (χ1n) is 5.42. The molecule has 5 nitrogen and oxygen atoms in total. The van der Waals surface area contributed by atoms with Gasteiger partial charge in [0.25, 0.3) is 5.91 Å². The Kier molecular flexibility index (Phi) is 5.98. The Morgan fingerprint density at radius 2 is 2.33 bits per heavy atom. The molecule has 0 saturated carbocycles. The Bertz CT molecular complexity index is 457. The van der Waals surface area contributed by atoms with Crippen LogP contribution in [0.1, 0.15) is 5.56 Å². The molecule has 1 rings (SSSR count). The number of hydrogen-bond acceptors (Lipinski definition) is 4. The molecule has 0 bridgehead atoms. The maximum atomic E-state index is 11.3. The van der Waals surface area contributed by atoms with Crippen LogP contribution < -0.4 is 15.8 Å². The molecule has 0 fully saturated rings. The van der Waals surface area contributed by atoms with Crippen molar-refractivity contribution in [1.29, 1.82) is 5.26 Å². The number of ether oxygens (including phenoxy) is 1. The van der Waals surface area contributed by atoms with Gasteiger partial charge in [-0.05, 0) is 36.7 Å². The van der Waals surface area contributed by atoms with Gasteiger partial charge in [-0.25, -0.2) is 0 Å². The minimum absolute atomic E-state index is 0.0293. The van der Waals surface area contributed by atoms with Crippen LogP contribution in [0.4, 0.5) is 0 Å². The molecule has 0 heterocycles. The fraction of sp³-hybridized carbons (Fsp3) is 0.333. The smallest absolute Gasteiger partial charge is 0.258 e. The molecular formula is C12H14ClN3O2. The highest BCUT2D eigenvalue weighted by molar-refractivity contribution is 6.30. The lowest BCUT2D eigenvalue weighted by Gasteiger charge is -2.11. The van der Waals surface area contributed by atoms with Crippen molar-refractivity contribution in [2.45, 2.75) is 6.42 Å². The van der Waals surface area contributed by atoms with Gasteiger partial charge in [-0.2, -0.15) is 5.26 Å². The third-order valence-electron chi connectivity index (χ3n) is 2.16. The van der Waals surface area contributed by atoms with Crippen LogP contribution in [-0.4, -0.2) is 25.6 Å².